The summed E-state index contributed by atoms with van der Waals surface area (Å²) in [5.74, 6) is 3.27. The first-order valence-electron chi connectivity index (χ1n) is 9.07. The minimum atomic E-state index is 0.736. The summed E-state index contributed by atoms with van der Waals surface area (Å²) in [5, 5.41) is 6.81. The highest BCUT2D eigenvalue weighted by Crippen LogP contribution is 2.61. The lowest BCUT2D eigenvalue weighted by molar-refractivity contribution is 0.657. The standard InChI is InChI=1S/C20H26N4/c1-2-21-20(22-9-12-24-10-5-6-11-24)23-14-18-17-13-15-7-3-4-8-16(15)19(17)18/h3-8,10-11,17-19H,2,9,12-14H2,1H3,(H2,21,22,23). The molecule has 2 aliphatic rings. The number of rotatable bonds is 6. The van der Waals surface area contributed by atoms with Gasteiger partial charge >= 0.3 is 0 Å². The predicted octanol–water partition coefficient (Wildman–Crippen LogP) is 2.63. The molecular formula is C20H26N4. The third kappa shape index (κ3) is 3.05. The van der Waals surface area contributed by atoms with Gasteiger partial charge in [-0.15, -0.1) is 0 Å². The van der Waals surface area contributed by atoms with Crippen molar-refractivity contribution in [3.05, 3.63) is 59.9 Å². The fourth-order valence-electron chi connectivity index (χ4n) is 4.09. The van der Waals surface area contributed by atoms with Gasteiger partial charge in [-0.2, -0.15) is 0 Å². The molecule has 24 heavy (non-hydrogen) atoms. The van der Waals surface area contributed by atoms with E-state index in [1.165, 1.54) is 6.42 Å². The molecule has 126 valence electrons. The van der Waals surface area contributed by atoms with Crippen LogP contribution in [0.15, 0.2) is 53.8 Å². The van der Waals surface area contributed by atoms with Gasteiger partial charge in [0.15, 0.2) is 5.96 Å². The molecule has 1 heterocycles. The van der Waals surface area contributed by atoms with Gasteiger partial charge in [0.2, 0.25) is 0 Å². The van der Waals surface area contributed by atoms with Crippen LogP contribution < -0.4 is 10.6 Å². The van der Waals surface area contributed by atoms with Crippen molar-refractivity contribution in [3.8, 4) is 0 Å². The quantitative estimate of drug-likeness (QED) is 0.634. The maximum Gasteiger partial charge on any atom is 0.191 e. The summed E-state index contributed by atoms with van der Waals surface area (Å²) in [6, 6.07) is 13.0. The molecule has 4 rings (SSSR count). The second-order valence-electron chi connectivity index (χ2n) is 6.82. The molecule has 1 aromatic heterocycles. The van der Waals surface area contributed by atoms with Gasteiger partial charge in [-0.1, -0.05) is 24.3 Å². The van der Waals surface area contributed by atoms with Gasteiger partial charge in [0.1, 0.15) is 0 Å². The average molecular weight is 322 g/mol. The first kappa shape index (κ1) is 15.3. The Morgan fingerprint density at radius 3 is 2.83 bits per heavy atom. The van der Waals surface area contributed by atoms with Gasteiger partial charge in [0.25, 0.3) is 0 Å². The highest BCUT2D eigenvalue weighted by Gasteiger charge is 2.54. The maximum absolute atomic E-state index is 4.83. The lowest BCUT2D eigenvalue weighted by Gasteiger charge is -2.12. The van der Waals surface area contributed by atoms with Crippen LogP contribution in [-0.4, -0.2) is 30.2 Å². The van der Waals surface area contributed by atoms with Gasteiger partial charge < -0.3 is 15.2 Å². The van der Waals surface area contributed by atoms with E-state index in [1.54, 1.807) is 11.1 Å². The van der Waals surface area contributed by atoms with E-state index >= 15 is 0 Å². The van der Waals surface area contributed by atoms with E-state index in [9.17, 15) is 0 Å². The zero-order chi connectivity index (χ0) is 16.4. The molecule has 0 aliphatic heterocycles. The van der Waals surface area contributed by atoms with Crippen LogP contribution in [0.2, 0.25) is 0 Å². The minimum Gasteiger partial charge on any atom is -0.357 e. The highest BCUT2D eigenvalue weighted by molar-refractivity contribution is 5.79. The van der Waals surface area contributed by atoms with E-state index in [-0.39, 0.29) is 0 Å². The summed E-state index contributed by atoms with van der Waals surface area (Å²) in [6.07, 6.45) is 5.43. The molecule has 0 radical (unpaired) electrons. The van der Waals surface area contributed by atoms with E-state index in [1.807, 2.05) is 0 Å². The molecule has 3 atom stereocenters. The van der Waals surface area contributed by atoms with Crippen molar-refractivity contribution < 1.29 is 0 Å². The Morgan fingerprint density at radius 1 is 1.17 bits per heavy atom. The lowest BCUT2D eigenvalue weighted by atomic mass is 10.0. The fourth-order valence-corrected chi connectivity index (χ4v) is 4.09. The summed E-state index contributed by atoms with van der Waals surface area (Å²) in [4.78, 5) is 4.83. The van der Waals surface area contributed by atoms with Crippen molar-refractivity contribution in [3.63, 3.8) is 0 Å². The summed E-state index contributed by atoms with van der Waals surface area (Å²) < 4.78 is 2.18. The maximum atomic E-state index is 4.83. The van der Waals surface area contributed by atoms with E-state index in [2.05, 4.69) is 70.9 Å². The zero-order valence-corrected chi connectivity index (χ0v) is 14.3. The lowest BCUT2D eigenvalue weighted by Crippen LogP contribution is -2.39. The van der Waals surface area contributed by atoms with Gasteiger partial charge in [-0.25, -0.2) is 0 Å². The van der Waals surface area contributed by atoms with Crippen LogP contribution in [0.25, 0.3) is 0 Å². The number of nitrogens with one attached hydrogen (secondary N) is 2. The van der Waals surface area contributed by atoms with E-state index < -0.39 is 0 Å². The number of hydrogen-bond acceptors (Lipinski definition) is 1. The monoisotopic (exact) mass is 322 g/mol. The Bertz CT molecular complexity index is 704. The summed E-state index contributed by atoms with van der Waals surface area (Å²) in [6.45, 7) is 5.80. The second-order valence-corrected chi connectivity index (χ2v) is 6.82. The van der Waals surface area contributed by atoms with Crippen molar-refractivity contribution in [2.24, 2.45) is 16.8 Å². The van der Waals surface area contributed by atoms with Crippen LogP contribution in [0.5, 0.6) is 0 Å². The number of guanidine groups is 1. The molecule has 1 aromatic carbocycles. The predicted molar refractivity (Wildman–Crippen MR) is 98.3 cm³/mol. The molecule has 0 amide bonds. The molecule has 2 aromatic rings. The molecular weight excluding hydrogens is 296 g/mol. The molecule has 2 aliphatic carbocycles. The van der Waals surface area contributed by atoms with E-state index in [4.69, 9.17) is 4.99 Å². The van der Waals surface area contributed by atoms with Crippen molar-refractivity contribution in [1.29, 1.82) is 0 Å². The molecule has 2 N–H and O–H groups in total. The number of hydrogen-bond donors (Lipinski definition) is 2. The number of aliphatic imine (C=N–C) groups is 1. The average Bonchev–Trinajstić information content (AvgIpc) is 2.95. The summed E-state index contributed by atoms with van der Waals surface area (Å²) >= 11 is 0. The van der Waals surface area contributed by atoms with Gasteiger partial charge in [-0.3, -0.25) is 4.99 Å². The van der Waals surface area contributed by atoms with Crippen molar-refractivity contribution in [2.45, 2.75) is 25.8 Å². The zero-order valence-electron chi connectivity index (χ0n) is 14.3. The van der Waals surface area contributed by atoms with Crippen LogP contribution in [0.1, 0.15) is 24.0 Å². The number of aromatic nitrogens is 1. The van der Waals surface area contributed by atoms with Crippen molar-refractivity contribution in [1.82, 2.24) is 15.2 Å². The summed E-state index contributed by atoms with van der Waals surface area (Å²) in [7, 11) is 0. The molecule has 0 bridgehead atoms. The Kier molecular flexibility index (Phi) is 4.28. The van der Waals surface area contributed by atoms with Gasteiger partial charge in [0.05, 0.1) is 0 Å². The first-order valence-corrected chi connectivity index (χ1v) is 9.07. The molecule has 0 spiro atoms. The number of nitrogens with zero attached hydrogens (tertiary/aromatic N) is 2. The van der Waals surface area contributed by atoms with Crippen molar-refractivity contribution >= 4 is 5.96 Å². The topological polar surface area (TPSA) is 41.4 Å². The molecule has 4 nitrogen and oxygen atoms in total. The first-order chi connectivity index (χ1) is 11.9. The second kappa shape index (κ2) is 6.71. The molecule has 1 fully saturated rings. The van der Waals surface area contributed by atoms with Crippen LogP contribution in [0.3, 0.4) is 0 Å². The number of fused-ring (bicyclic) bond motifs is 3. The van der Waals surface area contributed by atoms with Gasteiger partial charge in [0, 0.05) is 38.6 Å². The Hall–Kier alpha value is -2.23. The normalized spacial score (nSPS) is 24.4. The Balaban J connectivity index is 1.30. The smallest absolute Gasteiger partial charge is 0.191 e. The minimum absolute atomic E-state index is 0.736. The van der Waals surface area contributed by atoms with Crippen LogP contribution in [0.4, 0.5) is 0 Å². The molecule has 4 heteroatoms. The van der Waals surface area contributed by atoms with Crippen LogP contribution in [0, 0.1) is 11.8 Å². The Morgan fingerprint density at radius 2 is 2.00 bits per heavy atom. The Labute approximate surface area is 144 Å². The molecule has 0 saturated heterocycles. The summed E-state index contributed by atoms with van der Waals surface area (Å²) in [5.41, 5.74) is 3.14. The largest absolute Gasteiger partial charge is 0.357 e. The van der Waals surface area contributed by atoms with E-state index in [0.717, 1.165) is 49.9 Å². The SMILES string of the molecule is CCNC(=NCC1C2Cc3ccccc3C12)NCCn1cccc1. The van der Waals surface area contributed by atoms with E-state index in [0.29, 0.717) is 0 Å². The van der Waals surface area contributed by atoms with Crippen LogP contribution >= 0.6 is 0 Å². The van der Waals surface area contributed by atoms with Gasteiger partial charge in [-0.05, 0) is 54.4 Å². The van der Waals surface area contributed by atoms with Crippen molar-refractivity contribution in [2.75, 3.05) is 19.6 Å². The highest BCUT2D eigenvalue weighted by atomic mass is 15.2. The fraction of sp³-hybridized carbons (Fsp3) is 0.450. The molecule has 1 saturated carbocycles. The third-order valence-corrected chi connectivity index (χ3v) is 5.33. The molecule has 3 unspecified atom stereocenters. The number of benzene rings is 1. The van der Waals surface area contributed by atoms with Crippen LogP contribution in [-0.2, 0) is 13.0 Å². The third-order valence-electron chi connectivity index (χ3n) is 5.33.